The van der Waals surface area contributed by atoms with Gasteiger partial charge in [-0.15, -0.1) is 0 Å². The van der Waals surface area contributed by atoms with Gasteiger partial charge in [0.1, 0.15) is 65.4 Å². The van der Waals surface area contributed by atoms with Gasteiger partial charge in [-0.3, -0.25) is 4.79 Å². The van der Waals surface area contributed by atoms with Crippen molar-refractivity contribution in [1.29, 1.82) is 0 Å². The molecule has 8 N–H and O–H groups in total. The molecule has 14 nitrogen and oxygen atoms in total. The zero-order valence-corrected chi connectivity index (χ0v) is 23.4. The standard InChI is InChI=1S/C31H28O14/c1-42-30-23(12-43-24(38)7-3-13-2-5-15(32)17(34)8-13)45-31(29(41)28(30)40)26-20(37)11-22-25(27(26)39)19(36)10-21(44-22)14-4-6-16(33)18(35)9-14/h2-11,23,28-35,37,39-41H,12H2,1H3/b7-3+/t23-,28-,29-,30-,31+/m1/s1. The van der Waals surface area contributed by atoms with Crippen molar-refractivity contribution in [3.05, 3.63) is 76.0 Å². The zero-order valence-electron chi connectivity index (χ0n) is 23.4. The first-order valence-electron chi connectivity index (χ1n) is 13.4. The summed E-state index contributed by atoms with van der Waals surface area (Å²) in [6, 6.07) is 9.60. The van der Waals surface area contributed by atoms with Crippen LogP contribution in [-0.4, -0.2) is 85.0 Å². The lowest BCUT2D eigenvalue weighted by molar-refractivity contribution is -0.240. The van der Waals surface area contributed by atoms with Gasteiger partial charge < -0.3 is 59.5 Å². The van der Waals surface area contributed by atoms with Crippen molar-refractivity contribution in [3.8, 4) is 45.8 Å². The van der Waals surface area contributed by atoms with E-state index in [0.717, 1.165) is 24.3 Å². The van der Waals surface area contributed by atoms with Gasteiger partial charge in [-0.05, 0) is 42.0 Å². The summed E-state index contributed by atoms with van der Waals surface area (Å²) in [7, 11) is 1.22. The second-order valence-corrected chi connectivity index (χ2v) is 10.2. The Kier molecular flexibility index (Phi) is 8.57. The number of fused-ring (bicyclic) bond motifs is 1. The molecular formula is C31H28O14. The Morgan fingerprint density at radius 3 is 2.22 bits per heavy atom. The molecular weight excluding hydrogens is 596 g/mol. The first-order valence-corrected chi connectivity index (χ1v) is 13.4. The quantitative estimate of drug-likeness (QED) is 0.0835. The second-order valence-electron chi connectivity index (χ2n) is 10.2. The SMILES string of the molecule is CO[C@H]1[C@H](O)[C@@H](O)[C@H](c2c(O)cc3oc(-c4ccc(O)c(O)c4)cc(=O)c3c2O)O[C@@H]1COC(=O)/C=C/c1ccc(O)c(O)c1. The summed E-state index contributed by atoms with van der Waals surface area (Å²) in [4.78, 5) is 25.5. The second kappa shape index (κ2) is 12.4. The number of phenols is 6. The number of esters is 1. The maximum absolute atomic E-state index is 13.1. The van der Waals surface area contributed by atoms with Crippen LogP contribution in [0.4, 0.5) is 0 Å². The Labute approximate surface area is 253 Å². The van der Waals surface area contributed by atoms with Crippen molar-refractivity contribution in [2.75, 3.05) is 13.7 Å². The topological polar surface area (TPSA) is 237 Å². The summed E-state index contributed by atoms with van der Waals surface area (Å²) in [6.45, 7) is -0.511. The Balaban J connectivity index is 1.42. The third-order valence-electron chi connectivity index (χ3n) is 7.31. The van der Waals surface area contributed by atoms with Gasteiger partial charge in [0.2, 0.25) is 0 Å². The summed E-state index contributed by atoms with van der Waals surface area (Å²) in [5.41, 5.74) is -0.888. The zero-order chi connectivity index (χ0) is 32.6. The van der Waals surface area contributed by atoms with Crippen LogP contribution in [-0.2, 0) is 19.0 Å². The molecule has 0 spiro atoms. The van der Waals surface area contributed by atoms with Crippen molar-refractivity contribution in [2.45, 2.75) is 30.5 Å². The van der Waals surface area contributed by atoms with E-state index >= 15 is 0 Å². The molecule has 0 aliphatic carbocycles. The van der Waals surface area contributed by atoms with Crippen LogP contribution >= 0.6 is 0 Å². The van der Waals surface area contributed by atoms with E-state index in [4.69, 9.17) is 18.6 Å². The number of aliphatic hydroxyl groups excluding tert-OH is 2. The lowest BCUT2D eigenvalue weighted by Crippen LogP contribution is -2.56. The van der Waals surface area contributed by atoms with Crippen LogP contribution < -0.4 is 5.43 Å². The molecule has 0 amide bonds. The van der Waals surface area contributed by atoms with Gasteiger partial charge in [-0.25, -0.2) is 4.79 Å². The molecule has 2 heterocycles. The molecule has 0 radical (unpaired) electrons. The maximum Gasteiger partial charge on any atom is 0.330 e. The number of hydrogen-bond donors (Lipinski definition) is 8. The summed E-state index contributed by atoms with van der Waals surface area (Å²) < 4.78 is 22.0. The van der Waals surface area contributed by atoms with Crippen LogP contribution in [0.1, 0.15) is 17.2 Å². The summed E-state index contributed by atoms with van der Waals surface area (Å²) >= 11 is 0. The third-order valence-corrected chi connectivity index (χ3v) is 7.31. The van der Waals surface area contributed by atoms with Crippen LogP contribution in [0.2, 0.25) is 0 Å². The average molecular weight is 625 g/mol. The van der Waals surface area contributed by atoms with Gasteiger partial charge in [-0.2, -0.15) is 0 Å². The van der Waals surface area contributed by atoms with Crippen LogP contribution in [0.15, 0.2) is 63.8 Å². The van der Waals surface area contributed by atoms with Gasteiger partial charge in [0.15, 0.2) is 28.4 Å². The molecule has 5 rings (SSSR count). The molecule has 1 aliphatic heterocycles. The smallest absolute Gasteiger partial charge is 0.330 e. The number of methoxy groups -OCH3 is 1. The molecule has 3 aromatic carbocycles. The van der Waals surface area contributed by atoms with Crippen LogP contribution in [0.3, 0.4) is 0 Å². The van der Waals surface area contributed by atoms with Gasteiger partial charge in [0.05, 0.1) is 5.56 Å². The Morgan fingerprint density at radius 2 is 1.56 bits per heavy atom. The number of phenolic OH excluding ortho intramolecular Hbond substituents is 6. The highest BCUT2D eigenvalue weighted by atomic mass is 16.6. The van der Waals surface area contributed by atoms with E-state index in [1.54, 1.807) is 0 Å². The van der Waals surface area contributed by atoms with Crippen LogP contribution in [0.25, 0.3) is 28.4 Å². The van der Waals surface area contributed by atoms with Crippen molar-refractivity contribution in [2.24, 2.45) is 0 Å². The Bertz CT molecular complexity index is 1840. The van der Waals surface area contributed by atoms with E-state index in [2.05, 4.69) is 0 Å². The van der Waals surface area contributed by atoms with Crippen molar-refractivity contribution in [3.63, 3.8) is 0 Å². The Hall–Kier alpha value is -5.28. The first-order chi connectivity index (χ1) is 21.4. The van der Waals surface area contributed by atoms with E-state index in [-0.39, 0.29) is 28.0 Å². The highest BCUT2D eigenvalue weighted by Gasteiger charge is 2.47. The molecule has 1 saturated heterocycles. The van der Waals surface area contributed by atoms with Gasteiger partial charge >= 0.3 is 5.97 Å². The molecule has 0 bridgehead atoms. The molecule has 0 saturated carbocycles. The number of aromatic hydroxyl groups is 6. The van der Waals surface area contributed by atoms with Gasteiger partial charge in [-0.1, -0.05) is 6.07 Å². The highest BCUT2D eigenvalue weighted by molar-refractivity contribution is 5.88. The van der Waals surface area contributed by atoms with E-state index in [0.29, 0.717) is 5.56 Å². The number of rotatable bonds is 7. The summed E-state index contributed by atoms with van der Waals surface area (Å²) in [6.07, 6.45) is -5.20. The largest absolute Gasteiger partial charge is 0.507 e. The molecule has 1 aromatic heterocycles. The minimum atomic E-state index is -1.79. The number of carbonyl (C=O) groups excluding carboxylic acids is 1. The van der Waals surface area contributed by atoms with E-state index in [1.165, 1.54) is 43.5 Å². The lowest BCUT2D eigenvalue weighted by Gasteiger charge is -2.42. The molecule has 5 atom stereocenters. The van der Waals surface area contributed by atoms with Crippen LogP contribution in [0, 0.1) is 0 Å². The number of aliphatic hydroxyl groups is 2. The first kappa shape index (κ1) is 31.2. The van der Waals surface area contributed by atoms with Gasteiger partial charge in [0.25, 0.3) is 0 Å². The lowest BCUT2D eigenvalue weighted by atomic mass is 9.89. The minimum absolute atomic E-state index is 0.0557. The molecule has 14 heteroatoms. The normalized spacial score (nSPS) is 21.7. The maximum atomic E-state index is 13.1. The monoisotopic (exact) mass is 624 g/mol. The Morgan fingerprint density at radius 1 is 0.867 bits per heavy atom. The van der Waals surface area contributed by atoms with Crippen molar-refractivity contribution < 1.29 is 64.3 Å². The summed E-state index contributed by atoms with van der Waals surface area (Å²) in [5, 5.41) is 81.7. The fourth-order valence-electron chi connectivity index (χ4n) is 5.03. The van der Waals surface area contributed by atoms with Crippen molar-refractivity contribution >= 4 is 23.0 Å². The number of ether oxygens (including phenoxy) is 3. The predicted molar refractivity (Wildman–Crippen MR) is 155 cm³/mol. The molecule has 236 valence electrons. The third kappa shape index (κ3) is 6.07. The average Bonchev–Trinajstić information content (AvgIpc) is 2.99. The van der Waals surface area contributed by atoms with E-state index in [9.17, 15) is 50.4 Å². The van der Waals surface area contributed by atoms with Crippen LogP contribution in [0.5, 0.6) is 34.5 Å². The van der Waals surface area contributed by atoms with E-state index in [1.807, 2.05) is 0 Å². The van der Waals surface area contributed by atoms with E-state index < -0.39 is 82.8 Å². The number of benzene rings is 3. The predicted octanol–water partition coefficient (Wildman–Crippen LogP) is 2.13. The fourth-order valence-corrected chi connectivity index (χ4v) is 5.03. The fraction of sp³-hybridized carbons (Fsp3) is 0.226. The summed E-state index contributed by atoms with van der Waals surface area (Å²) in [5.74, 6) is -3.98. The number of carbonyl (C=O) groups is 1. The minimum Gasteiger partial charge on any atom is -0.507 e. The van der Waals surface area contributed by atoms with Crippen molar-refractivity contribution in [1.82, 2.24) is 0 Å². The molecule has 45 heavy (non-hydrogen) atoms. The molecule has 1 fully saturated rings. The molecule has 4 aromatic rings. The highest BCUT2D eigenvalue weighted by Crippen LogP contribution is 2.45. The molecule has 1 aliphatic rings. The number of hydrogen-bond acceptors (Lipinski definition) is 14. The van der Waals surface area contributed by atoms with Gasteiger partial charge in [0, 0.05) is 30.9 Å². The molecule has 0 unspecified atom stereocenters.